The third-order valence-electron chi connectivity index (χ3n) is 4.86. The van der Waals surface area contributed by atoms with Crippen molar-refractivity contribution in [1.29, 1.82) is 0 Å². The number of sulfone groups is 1. The van der Waals surface area contributed by atoms with Crippen LogP contribution in [0, 0.1) is 0 Å². The summed E-state index contributed by atoms with van der Waals surface area (Å²) in [5.41, 5.74) is 3.37. The average molecular weight is 431 g/mol. The quantitative estimate of drug-likeness (QED) is 0.638. The number of rotatable bonds is 4. The molecule has 29 heavy (non-hydrogen) atoms. The lowest BCUT2D eigenvalue weighted by atomic mass is 10.1. The maximum absolute atomic E-state index is 12.4. The van der Waals surface area contributed by atoms with Gasteiger partial charge in [0, 0.05) is 49.1 Å². The molecule has 150 valence electrons. The van der Waals surface area contributed by atoms with Crippen molar-refractivity contribution < 1.29 is 8.42 Å². The Labute approximate surface area is 173 Å². The highest BCUT2D eigenvalue weighted by Gasteiger charge is 2.23. The van der Waals surface area contributed by atoms with Crippen LogP contribution in [-0.2, 0) is 29.3 Å². The van der Waals surface area contributed by atoms with Gasteiger partial charge in [-0.15, -0.1) is 0 Å². The predicted octanol–water partition coefficient (Wildman–Crippen LogP) is 2.45. The molecule has 1 aliphatic rings. The van der Waals surface area contributed by atoms with Crippen LogP contribution in [-0.4, -0.2) is 41.1 Å². The molecule has 3 heterocycles. The minimum absolute atomic E-state index is 0.269. The van der Waals surface area contributed by atoms with Crippen LogP contribution in [0.2, 0.25) is 5.02 Å². The van der Waals surface area contributed by atoms with Crippen LogP contribution in [0.15, 0.2) is 52.5 Å². The fraction of sp³-hybridized carbons (Fsp3) is 0.250. The van der Waals surface area contributed by atoms with E-state index in [1.807, 2.05) is 42.6 Å². The number of halogens is 1. The lowest BCUT2D eigenvalue weighted by Crippen LogP contribution is -2.36. The molecule has 0 bridgehead atoms. The number of hydrogen-bond acceptors (Lipinski definition) is 6. The van der Waals surface area contributed by atoms with Crippen molar-refractivity contribution in [3.63, 3.8) is 0 Å². The van der Waals surface area contributed by atoms with Gasteiger partial charge in [0.2, 0.25) is 15.0 Å². The van der Waals surface area contributed by atoms with E-state index in [-0.39, 0.29) is 5.16 Å². The second-order valence-electron chi connectivity index (χ2n) is 7.06. The van der Waals surface area contributed by atoms with Gasteiger partial charge in [0.05, 0.1) is 17.0 Å². The fourth-order valence-electron chi connectivity index (χ4n) is 3.37. The molecule has 0 fully saturated rings. The molecule has 0 saturated heterocycles. The molecule has 0 spiro atoms. The lowest BCUT2D eigenvalue weighted by molar-refractivity contribution is 0.240. The van der Waals surface area contributed by atoms with E-state index in [1.165, 1.54) is 0 Å². The summed E-state index contributed by atoms with van der Waals surface area (Å²) >= 11 is 6.23. The van der Waals surface area contributed by atoms with Crippen LogP contribution in [0.4, 0.5) is 0 Å². The Morgan fingerprint density at radius 3 is 2.69 bits per heavy atom. The van der Waals surface area contributed by atoms with Gasteiger partial charge in [-0.2, -0.15) is 0 Å². The zero-order valence-corrected chi connectivity index (χ0v) is 17.3. The first-order valence-corrected chi connectivity index (χ1v) is 11.3. The number of nitrogens with one attached hydrogen (secondary N) is 1. The first-order chi connectivity index (χ1) is 13.8. The summed E-state index contributed by atoms with van der Waals surface area (Å²) in [6.45, 7) is 1.72. The van der Waals surface area contributed by atoms with Crippen LogP contribution < -0.4 is 5.56 Å². The van der Waals surface area contributed by atoms with E-state index in [9.17, 15) is 13.2 Å². The number of hydrogen-bond donors (Lipinski definition) is 1. The Morgan fingerprint density at radius 2 is 2.00 bits per heavy atom. The van der Waals surface area contributed by atoms with Gasteiger partial charge in [0.15, 0.2) is 0 Å². The van der Waals surface area contributed by atoms with Gasteiger partial charge >= 0.3 is 0 Å². The minimum atomic E-state index is -3.55. The predicted molar refractivity (Wildman–Crippen MR) is 110 cm³/mol. The Bertz CT molecular complexity index is 1220. The van der Waals surface area contributed by atoms with Crippen molar-refractivity contribution in [3.8, 4) is 11.3 Å². The molecule has 3 aromatic rings. The second-order valence-corrected chi connectivity index (χ2v) is 9.40. The molecule has 1 aromatic carbocycles. The highest BCUT2D eigenvalue weighted by atomic mass is 35.5. The summed E-state index contributed by atoms with van der Waals surface area (Å²) < 4.78 is 23.3. The molecule has 2 aromatic heterocycles. The molecule has 7 nitrogen and oxygen atoms in total. The topological polar surface area (TPSA) is 96.0 Å². The van der Waals surface area contributed by atoms with Gasteiger partial charge in [-0.1, -0.05) is 35.9 Å². The van der Waals surface area contributed by atoms with Crippen molar-refractivity contribution >= 4 is 21.4 Å². The van der Waals surface area contributed by atoms with E-state index in [4.69, 9.17) is 11.6 Å². The van der Waals surface area contributed by atoms with E-state index in [1.54, 1.807) is 0 Å². The van der Waals surface area contributed by atoms with Gasteiger partial charge in [0.1, 0.15) is 0 Å². The number of H-pyrrole nitrogens is 1. The Morgan fingerprint density at radius 1 is 1.21 bits per heavy atom. The lowest BCUT2D eigenvalue weighted by Gasteiger charge is -2.27. The van der Waals surface area contributed by atoms with Crippen LogP contribution in [0.5, 0.6) is 0 Å². The SMILES string of the molecule is CS(=O)(=O)c1nc2c(c(=O)[nH]1)CN(Cc1ccc(-c3ccccc3Cl)nc1)CC2. The van der Waals surface area contributed by atoms with Crippen LogP contribution in [0.1, 0.15) is 16.8 Å². The number of nitrogens with zero attached hydrogens (tertiary/aromatic N) is 3. The van der Waals surface area contributed by atoms with Crippen LogP contribution in [0.25, 0.3) is 11.3 Å². The summed E-state index contributed by atoms with van der Waals surface area (Å²) in [4.78, 5) is 25.5. The molecule has 1 aliphatic heterocycles. The summed E-state index contributed by atoms with van der Waals surface area (Å²) in [7, 11) is -3.55. The van der Waals surface area contributed by atoms with Crippen molar-refractivity contribution in [2.75, 3.05) is 12.8 Å². The van der Waals surface area contributed by atoms with Gasteiger partial charge in [-0.05, 0) is 17.7 Å². The van der Waals surface area contributed by atoms with Crippen molar-refractivity contribution in [2.24, 2.45) is 0 Å². The summed E-state index contributed by atoms with van der Waals surface area (Å²) in [5.74, 6) is 0. The van der Waals surface area contributed by atoms with E-state index in [0.717, 1.165) is 23.1 Å². The average Bonchev–Trinajstić information content (AvgIpc) is 2.69. The van der Waals surface area contributed by atoms with Gasteiger partial charge in [-0.25, -0.2) is 13.4 Å². The first-order valence-electron chi connectivity index (χ1n) is 9.05. The van der Waals surface area contributed by atoms with Gasteiger partial charge in [-0.3, -0.25) is 19.7 Å². The Hall–Kier alpha value is -2.55. The van der Waals surface area contributed by atoms with Crippen LogP contribution >= 0.6 is 11.6 Å². The normalized spacial score (nSPS) is 14.6. The smallest absolute Gasteiger partial charge is 0.256 e. The molecule has 9 heteroatoms. The molecule has 0 aliphatic carbocycles. The second kappa shape index (κ2) is 7.70. The molecular formula is C20H19ClN4O3S. The molecule has 0 saturated carbocycles. The summed E-state index contributed by atoms with van der Waals surface area (Å²) in [6, 6.07) is 11.5. The highest BCUT2D eigenvalue weighted by Crippen LogP contribution is 2.26. The van der Waals surface area contributed by atoms with Crippen molar-refractivity contribution in [1.82, 2.24) is 19.9 Å². The molecule has 1 N–H and O–H groups in total. The molecule has 0 amide bonds. The van der Waals surface area contributed by atoms with Crippen molar-refractivity contribution in [3.05, 3.63) is 74.8 Å². The monoisotopic (exact) mass is 430 g/mol. The number of pyridine rings is 1. The van der Waals surface area contributed by atoms with Gasteiger partial charge in [0.25, 0.3) is 5.56 Å². The number of benzene rings is 1. The fourth-order valence-corrected chi connectivity index (χ4v) is 4.16. The Kier molecular flexibility index (Phi) is 5.24. The first kappa shape index (κ1) is 19.8. The zero-order valence-electron chi connectivity index (χ0n) is 15.7. The molecular weight excluding hydrogens is 412 g/mol. The summed E-state index contributed by atoms with van der Waals surface area (Å²) in [6.07, 6.45) is 3.36. The van der Waals surface area contributed by atoms with Crippen LogP contribution in [0.3, 0.4) is 0 Å². The van der Waals surface area contributed by atoms with E-state index < -0.39 is 15.4 Å². The number of aromatic amines is 1. The third-order valence-corrected chi connectivity index (χ3v) is 6.08. The third kappa shape index (κ3) is 4.24. The number of fused-ring (bicyclic) bond motifs is 1. The standard InChI is InChI=1S/C20H19ClN4O3S/c1-29(27,28)20-23-18-8-9-25(12-15(18)19(26)24-20)11-13-6-7-17(22-10-13)14-4-2-3-5-16(14)21/h2-7,10H,8-9,11-12H2,1H3,(H,23,24,26). The molecule has 0 unspecified atom stereocenters. The maximum Gasteiger partial charge on any atom is 0.256 e. The van der Waals surface area contributed by atoms with E-state index in [2.05, 4.69) is 19.9 Å². The minimum Gasteiger partial charge on any atom is -0.297 e. The molecule has 0 atom stereocenters. The summed E-state index contributed by atoms with van der Waals surface area (Å²) in [5, 5.41) is 0.384. The largest absolute Gasteiger partial charge is 0.297 e. The molecule has 4 rings (SSSR count). The van der Waals surface area contributed by atoms with Crippen molar-refractivity contribution in [2.45, 2.75) is 24.7 Å². The maximum atomic E-state index is 12.4. The molecule has 0 radical (unpaired) electrons. The van der Waals surface area contributed by atoms with E-state index in [0.29, 0.717) is 42.3 Å². The Balaban J connectivity index is 1.51. The zero-order chi connectivity index (χ0) is 20.6. The highest BCUT2D eigenvalue weighted by molar-refractivity contribution is 7.90. The van der Waals surface area contributed by atoms with E-state index >= 15 is 0 Å². The van der Waals surface area contributed by atoms with Gasteiger partial charge < -0.3 is 0 Å². The number of aromatic nitrogens is 3.